The van der Waals surface area contributed by atoms with E-state index in [4.69, 9.17) is 22.1 Å². The predicted octanol–water partition coefficient (Wildman–Crippen LogP) is 1.58. The third kappa shape index (κ3) is 2.51. The third-order valence-corrected chi connectivity index (χ3v) is 2.66. The van der Waals surface area contributed by atoms with Crippen LogP contribution in [-0.2, 0) is 0 Å². The van der Waals surface area contributed by atoms with Crippen LogP contribution in [0.5, 0.6) is 5.75 Å². The molecule has 6 heteroatoms. The van der Waals surface area contributed by atoms with E-state index >= 15 is 0 Å². The highest BCUT2D eigenvalue weighted by Crippen LogP contribution is 2.28. The van der Waals surface area contributed by atoms with Gasteiger partial charge >= 0.3 is 0 Å². The minimum atomic E-state index is -0.476. The van der Waals surface area contributed by atoms with Crippen LogP contribution in [0.4, 0.5) is 0 Å². The smallest absolute Gasteiger partial charge is 0.153 e. The first-order valence-corrected chi connectivity index (χ1v) is 5.31. The van der Waals surface area contributed by atoms with Crippen molar-refractivity contribution < 1.29 is 4.74 Å². The Morgan fingerprint density at radius 2 is 2.00 bits per heavy atom. The van der Waals surface area contributed by atoms with Crippen LogP contribution in [0, 0.1) is 0 Å². The van der Waals surface area contributed by atoms with Gasteiger partial charge in [0, 0.05) is 5.02 Å². The summed E-state index contributed by atoms with van der Waals surface area (Å²) in [4.78, 5) is 11.7. The Labute approximate surface area is 104 Å². The van der Waals surface area contributed by atoms with Gasteiger partial charge in [0.2, 0.25) is 0 Å². The maximum Gasteiger partial charge on any atom is 0.153 e. The van der Waals surface area contributed by atoms with Crippen molar-refractivity contribution in [3.05, 3.63) is 47.3 Å². The van der Waals surface area contributed by atoms with Gasteiger partial charge in [-0.1, -0.05) is 17.7 Å². The lowest BCUT2D eigenvalue weighted by molar-refractivity contribution is 0.414. The average Bonchev–Trinajstić information content (AvgIpc) is 2.39. The molecule has 1 unspecified atom stereocenters. The highest BCUT2D eigenvalue weighted by molar-refractivity contribution is 6.31. The van der Waals surface area contributed by atoms with Crippen molar-refractivity contribution in [3.63, 3.8) is 0 Å². The fourth-order valence-electron chi connectivity index (χ4n) is 1.43. The Bertz CT molecular complexity index is 506. The molecule has 1 aromatic carbocycles. The molecular weight excluding hydrogens is 240 g/mol. The molecule has 0 bridgehead atoms. The number of nitrogens with zero attached hydrogens (tertiary/aromatic N) is 3. The first kappa shape index (κ1) is 11.8. The largest absolute Gasteiger partial charge is 0.497 e. The molecule has 1 heterocycles. The molecule has 1 atom stereocenters. The Kier molecular flexibility index (Phi) is 3.51. The number of hydrogen-bond donors (Lipinski definition) is 1. The van der Waals surface area contributed by atoms with Gasteiger partial charge in [0.1, 0.15) is 18.4 Å². The van der Waals surface area contributed by atoms with E-state index in [-0.39, 0.29) is 0 Å². The van der Waals surface area contributed by atoms with Crippen molar-refractivity contribution in [2.24, 2.45) is 5.73 Å². The molecule has 0 amide bonds. The van der Waals surface area contributed by atoms with E-state index in [2.05, 4.69) is 15.0 Å². The second-order valence-electron chi connectivity index (χ2n) is 3.36. The van der Waals surface area contributed by atoms with Crippen LogP contribution < -0.4 is 10.5 Å². The zero-order chi connectivity index (χ0) is 12.3. The van der Waals surface area contributed by atoms with Crippen molar-refractivity contribution in [2.75, 3.05) is 7.11 Å². The molecule has 0 aliphatic carbocycles. The van der Waals surface area contributed by atoms with Gasteiger partial charge in [-0.25, -0.2) is 15.0 Å². The number of halogens is 1. The minimum Gasteiger partial charge on any atom is -0.497 e. The van der Waals surface area contributed by atoms with Gasteiger partial charge in [0.05, 0.1) is 13.2 Å². The summed E-state index contributed by atoms with van der Waals surface area (Å²) in [5.41, 5.74) is 6.78. The van der Waals surface area contributed by atoms with E-state index in [1.807, 2.05) is 0 Å². The molecule has 17 heavy (non-hydrogen) atoms. The van der Waals surface area contributed by atoms with Crippen molar-refractivity contribution in [3.8, 4) is 5.75 Å². The molecule has 1 aromatic heterocycles. The minimum absolute atomic E-state index is 0.476. The molecule has 0 saturated heterocycles. The zero-order valence-electron chi connectivity index (χ0n) is 9.17. The van der Waals surface area contributed by atoms with Crippen molar-refractivity contribution in [2.45, 2.75) is 6.04 Å². The molecule has 2 rings (SSSR count). The molecule has 88 valence electrons. The topological polar surface area (TPSA) is 73.9 Å². The van der Waals surface area contributed by atoms with Crippen LogP contribution in [0.3, 0.4) is 0 Å². The Morgan fingerprint density at radius 3 is 2.59 bits per heavy atom. The summed E-state index contributed by atoms with van der Waals surface area (Å²) < 4.78 is 5.07. The number of aromatic nitrogens is 3. The van der Waals surface area contributed by atoms with Gasteiger partial charge in [0.25, 0.3) is 0 Å². The van der Waals surface area contributed by atoms with Crippen LogP contribution >= 0.6 is 11.6 Å². The van der Waals surface area contributed by atoms with Crippen LogP contribution in [0.25, 0.3) is 0 Å². The van der Waals surface area contributed by atoms with Crippen LogP contribution in [0.15, 0.2) is 30.9 Å². The van der Waals surface area contributed by atoms with E-state index < -0.39 is 6.04 Å². The summed E-state index contributed by atoms with van der Waals surface area (Å²) >= 11 is 6.12. The number of benzene rings is 1. The summed E-state index contributed by atoms with van der Waals surface area (Å²) in [7, 11) is 1.58. The number of rotatable bonds is 3. The lowest BCUT2D eigenvalue weighted by atomic mass is 10.1. The van der Waals surface area contributed by atoms with Gasteiger partial charge < -0.3 is 10.5 Å². The van der Waals surface area contributed by atoms with Gasteiger partial charge in [-0.2, -0.15) is 0 Å². The number of nitrogens with two attached hydrogens (primary N) is 1. The zero-order valence-corrected chi connectivity index (χ0v) is 9.93. The number of ether oxygens (including phenoxy) is 1. The quantitative estimate of drug-likeness (QED) is 0.895. The van der Waals surface area contributed by atoms with Crippen molar-refractivity contribution >= 4 is 11.6 Å². The maximum absolute atomic E-state index is 6.12. The summed E-state index contributed by atoms with van der Waals surface area (Å²) in [6, 6.07) is 4.83. The van der Waals surface area contributed by atoms with Crippen LogP contribution in [0.2, 0.25) is 5.02 Å². The van der Waals surface area contributed by atoms with Crippen LogP contribution in [-0.4, -0.2) is 22.1 Å². The molecule has 0 aliphatic rings. The summed E-state index contributed by atoms with van der Waals surface area (Å²) in [6.07, 6.45) is 2.80. The second-order valence-corrected chi connectivity index (χ2v) is 3.77. The standard InChI is InChI=1S/C11H11ClN4O/c1-17-7-2-3-8(9(12)4-7)10(13)11-15-5-14-6-16-11/h2-6,10H,13H2,1H3. The van der Waals surface area contributed by atoms with Crippen molar-refractivity contribution in [1.29, 1.82) is 0 Å². The van der Waals surface area contributed by atoms with Gasteiger partial charge in [-0.15, -0.1) is 0 Å². The van der Waals surface area contributed by atoms with E-state index in [0.29, 0.717) is 16.6 Å². The Hall–Kier alpha value is -1.72. The highest BCUT2D eigenvalue weighted by atomic mass is 35.5. The van der Waals surface area contributed by atoms with Gasteiger partial charge in [0.15, 0.2) is 5.82 Å². The SMILES string of the molecule is COc1ccc(C(N)c2ncncn2)c(Cl)c1. The molecule has 0 spiro atoms. The first-order chi connectivity index (χ1) is 8.22. The number of hydrogen-bond acceptors (Lipinski definition) is 5. The molecular formula is C11H11ClN4O. The normalized spacial score (nSPS) is 12.2. The average molecular weight is 251 g/mol. The maximum atomic E-state index is 6.12. The van der Waals surface area contributed by atoms with Gasteiger partial charge in [-0.05, 0) is 17.7 Å². The molecule has 0 saturated carbocycles. The summed E-state index contributed by atoms with van der Waals surface area (Å²) in [6.45, 7) is 0. The molecule has 0 radical (unpaired) electrons. The second kappa shape index (κ2) is 5.07. The molecule has 2 N–H and O–H groups in total. The Morgan fingerprint density at radius 1 is 1.29 bits per heavy atom. The predicted molar refractivity (Wildman–Crippen MR) is 63.9 cm³/mol. The van der Waals surface area contributed by atoms with E-state index in [1.165, 1.54) is 12.7 Å². The lowest BCUT2D eigenvalue weighted by Gasteiger charge is -2.12. The van der Waals surface area contributed by atoms with Crippen LogP contribution in [0.1, 0.15) is 17.4 Å². The highest BCUT2D eigenvalue weighted by Gasteiger charge is 2.15. The van der Waals surface area contributed by atoms with Gasteiger partial charge in [-0.3, -0.25) is 0 Å². The fourth-order valence-corrected chi connectivity index (χ4v) is 1.72. The Balaban J connectivity index is 2.34. The summed E-state index contributed by atoms with van der Waals surface area (Å²) in [5, 5.41) is 0.525. The fraction of sp³-hybridized carbons (Fsp3) is 0.182. The summed E-state index contributed by atoms with van der Waals surface area (Å²) in [5.74, 6) is 1.16. The monoisotopic (exact) mass is 250 g/mol. The molecule has 5 nitrogen and oxygen atoms in total. The first-order valence-electron chi connectivity index (χ1n) is 4.93. The van der Waals surface area contributed by atoms with E-state index in [0.717, 1.165) is 5.56 Å². The van der Waals surface area contributed by atoms with Crippen molar-refractivity contribution in [1.82, 2.24) is 15.0 Å². The third-order valence-electron chi connectivity index (χ3n) is 2.33. The lowest BCUT2D eigenvalue weighted by Crippen LogP contribution is -2.15. The molecule has 2 aromatic rings. The number of methoxy groups -OCH3 is 1. The molecule has 0 fully saturated rings. The van der Waals surface area contributed by atoms with E-state index in [9.17, 15) is 0 Å². The van der Waals surface area contributed by atoms with E-state index in [1.54, 1.807) is 25.3 Å². The molecule has 0 aliphatic heterocycles.